The molecule has 1 amide bonds. The fourth-order valence-electron chi connectivity index (χ4n) is 2.50. The lowest BCUT2D eigenvalue weighted by Crippen LogP contribution is -2.41. The Kier molecular flexibility index (Phi) is 6.46. The van der Waals surface area contributed by atoms with Crippen molar-refractivity contribution in [3.63, 3.8) is 0 Å². The van der Waals surface area contributed by atoms with Gasteiger partial charge in [0.15, 0.2) is 0 Å². The third-order valence-electron chi connectivity index (χ3n) is 4.71. The number of alkyl carbamates (subject to hydrolysis) is 1. The van der Waals surface area contributed by atoms with Crippen LogP contribution in [0.2, 0.25) is 0 Å². The van der Waals surface area contributed by atoms with Crippen LogP contribution in [0, 0.1) is 0 Å². The molecule has 0 spiro atoms. The highest BCUT2D eigenvalue weighted by Crippen LogP contribution is 2.38. The number of rotatable bonds is 5. The van der Waals surface area contributed by atoms with Crippen molar-refractivity contribution in [2.75, 3.05) is 13.7 Å². The molecule has 154 valence electrons. The number of carbonyl (C=O) groups excluding carboxylic acids is 1. The molecule has 7 nitrogen and oxygen atoms in total. The van der Waals surface area contributed by atoms with Gasteiger partial charge in [0.2, 0.25) is 5.88 Å². The standard InChI is InChI=1S/C20H31BN2O5/c1-18(2,3)26-17(24)23-13-15(11-14-9-10-16(25-8)22-12-14)21-27-19(4,5)20(6,7)28-21/h9-12H,13H2,1-8H3,(H,23,24). The zero-order chi connectivity index (χ0) is 21.2. The number of methoxy groups -OCH3 is 1. The zero-order valence-electron chi connectivity index (χ0n) is 18.1. The molecule has 28 heavy (non-hydrogen) atoms. The number of nitrogens with zero attached hydrogens (tertiary/aromatic N) is 1. The number of hydrogen-bond acceptors (Lipinski definition) is 6. The van der Waals surface area contributed by atoms with Gasteiger partial charge in [0, 0.05) is 18.8 Å². The van der Waals surface area contributed by atoms with Crippen LogP contribution < -0.4 is 10.1 Å². The van der Waals surface area contributed by atoms with Gasteiger partial charge in [-0.25, -0.2) is 9.78 Å². The van der Waals surface area contributed by atoms with Gasteiger partial charge >= 0.3 is 13.2 Å². The molecule has 1 aliphatic heterocycles. The average molecular weight is 390 g/mol. The smallest absolute Gasteiger partial charge is 0.481 e. The maximum absolute atomic E-state index is 12.1. The van der Waals surface area contributed by atoms with Crippen LogP contribution in [0.5, 0.6) is 5.88 Å². The summed E-state index contributed by atoms with van der Waals surface area (Å²) >= 11 is 0. The summed E-state index contributed by atoms with van der Waals surface area (Å²) in [6, 6.07) is 3.65. The lowest BCUT2D eigenvalue weighted by molar-refractivity contribution is 0.00578. The molecule has 1 N–H and O–H groups in total. The maximum atomic E-state index is 12.1. The second-order valence-electron chi connectivity index (χ2n) is 8.80. The van der Waals surface area contributed by atoms with Gasteiger partial charge in [-0.15, -0.1) is 0 Å². The van der Waals surface area contributed by atoms with Gasteiger partial charge in [0.1, 0.15) is 5.60 Å². The van der Waals surface area contributed by atoms with Crippen molar-refractivity contribution < 1.29 is 23.6 Å². The summed E-state index contributed by atoms with van der Waals surface area (Å²) in [7, 11) is 0.973. The van der Waals surface area contributed by atoms with Crippen LogP contribution in [0.15, 0.2) is 23.8 Å². The first-order valence-electron chi connectivity index (χ1n) is 9.36. The van der Waals surface area contributed by atoms with Gasteiger partial charge in [-0.05, 0) is 65.6 Å². The van der Waals surface area contributed by atoms with Crippen molar-refractivity contribution in [3.8, 4) is 5.88 Å². The van der Waals surface area contributed by atoms with E-state index in [1.807, 2.05) is 60.6 Å². The Balaban J connectivity index is 2.23. The van der Waals surface area contributed by atoms with E-state index in [0.29, 0.717) is 5.88 Å². The van der Waals surface area contributed by atoms with Gasteiger partial charge in [-0.2, -0.15) is 0 Å². The summed E-state index contributed by atoms with van der Waals surface area (Å²) in [6.45, 7) is 13.6. The summed E-state index contributed by atoms with van der Waals surface area (Å²) in [5.74, 6) is 0.529. The first kappa shape index (κ1) is 22.2. The van der Waals surface area contributed by atoms with Crippen LogP contribution >= 0.6 is 0 Å². The SMILES string of the molecule is COc1ccc(C=C(CNC(=O)OC(C)(C)C)B2OC(C)(C)C(C)(C)O2)cn1. The van der Waals surface area contributed by atoms with Crippen LogP contribution in [0.25, 0.3) is 6.08 Å². The van der Waals surface area contributed by atoms with Gasteiger partial charge in [-0.1, -0.05) is 6.08 Å². The Morgan fingerprint density at radius 3 is 2.29 bits per heavy atom. The molecule has 0 aromatic carbocycles. The van der Waals surface area contributed by atoms with Crippen molar-refractivity contribution in [3.05, 3.63) is 29.4 Å². The van der Waals surface area contributed by atoms with Crippen LogP contribution in [-0.2, 0) is 14.0 Å². The molecule has 1 saturated heterocycles. The summed E-state index contributed by atoms with van der Waals surface area (Å²) in [6.07, 6.45) is 3.09. The Hall–Kier alpha value is -2.06. The van der Waals surface area contributed by atoms with Gasteiger partial charge in [-0.3, -0.25) is 0 Å². The summed E-state index contributed by atoms with van der Waals surface area (Å²) in [5.41, 5.74) is 0.0628. The van der Waals surface area contributed by atoms with Crippen LogP contribution in [0.3, 0.4) is 0 Å². The monoisotopic (exact) mass is 390 g/mol. The summed E-state index contributed by atoms with van der Waals surface area (Å²) < 4.78 is 22.7. The fraction of sp³-hybridized carbons (Fsp3) is 0.600. The quantitative estimate of drug-likeness (QED) is 0.774. The molecule has 0 radical (unpaired) electrons. The van der Waals surface area contributed by atoms with E-state index >= 15 is 0 Å². The molecular formula is C20H31BN2O5. The predicted octanol–water partition coefficient (Wildman–Crippen LogP) is 3.63. The highest BCUT2D eigenvalue weighted by molar-refractivity contribution is 6.56. The van der Waals surface area contributed by atoms with Crippen LogP contribution in [-0.4, -0.2) is 48.7 Å². The molecule has 1 aromatic heterocycles. The summed E-state index contributed by atoms with van der Waals surface area (Å²) in [5, 5.41) is 2.78. The molecule has 0 saturated carbocycles. The molecule has 8 heteroatoms. The van der Waals surface area contributed by atoms with E-state index in [-0.39, 0.29) is 6.54 Å². The number of hydrogen-bond donors (Lipinski definition) is 1. The minimum absolute atomic E-state index is 0.220. The molecule has 0 bridgehead atoms. The first-order chi connectivity index (χ1) is 12.8. The van der Waals surface area contributed by atoms with E-state index in [1.165, 1.54) is 0 Å². The van der Waals surface area contributed by atoms with Crippen molar-refractivity contribution in [2.24, 2.45) is 0 Å². The van der Waals surface area contributed by atoms with Crippen molar-refractivity contribution >= 4 is 19.3 Å². The average Bonchev–Trinajstić information content (AvgIpc) is 2.78. The molecule has 2 rings (SSSR count). The Labute approximate surface area is 167 Å². The minimum atomic E-state index is -0.595. The predicted molar refractivity (Wildman–Crippen MR) is 109 cm³/mol. The number of amides is 1. The lowest BCUT2D eigenvalue weighted by Gasteiger charge is -2.32. The second kappa shape index (κ2) is 8.13. The molecule has 0 aliphatic carbocycles. The number of pyridine rings is 1. The zero-order valence-corrected chi connectivity index (χ0v) is 18.1. The highest BCUT2D eigenvalue weighted by Gasteiger charge is 2.52. The van der Waals surface area contributed by atoms with Gasteiger partial charge in [0.05, 0.1) is 18.3 Å². The van der Waals surface area contributed by atoms with E-state index in [9.17, 15) is 4.79 Å². The van der Waals surface area contributed by atoms with E-state index in [1.54, 1.807) is 19.4 Å². The molecule has 1 aromatic rings. The van der Waals surface area contributed by atoms with Gasteiger partial charge in [0.25, 0.3) is 0 Å². The Bertz CT molecular complexity index is 707. The number of nitrogens with one attached hydrogen (secondary N) is 1. The third kappa shape index (κ3) is 5.72. The van der Waals surface area contributed by atoms with E-state index in [0.717, 1.165) is 11.0 Å². The molecular weight excluding hydrogens is 359 g/mol. The van der Waals surface area contributed by atoms with E-state index < -0.39 is 30.0 Å². The number of ether oxygens (including phenoxy) is 2. The Morgan fingerprint density at radius 2 is 1.82 bits per heavy atom. The molecule has 1 fully saturated rings. The Morgan fingerprint density at radius 1 is 1.21 bits per heavy atom. The van der Waals surface area contributed by atoms with Crippen LogP contribution in [0.4, 0.5) is 4.79 Å². The van der Waals surface area contributed by atoms with Crippen molar-refractivity contribution in [2.45, 2.75) is 65.3 Å². The number of aromatic nitrogens is 1. The molecule has 2 heterocycles. The molecule has 0 unspecified atom stereocenters. The van der Waals surface area contributed by atoms with Crippen LogP contribution in [0.1, 0.15) is 54.0 Å². The van der Waals surface area contributed by atoms with E-state index in [2.05, 4.69) is 10.3 Å². The molecule has 1 aliphatic rings. The van der Waals surface area contributed by atoms with Crippen molar-refractivity contribution in [1.82, 2.24) is 10.3 Å². The lowest BCUT2D eigenvalue weighted by atomic mass is 9.77. The summed E-state index contributed by atoms with van der Waals surface area (Å²) in [4.78, 5) is 16.3. The second-order valence-corrected chi connectivity index (χ2v) is 8.80. The molecule has 0 atom stereocenters. The van der Waals surface area contributed by atoms with Crippen molar-refractivity contribution in [1.29, 1.82) is 0 Å². The highest BCUT2D eigenvalue weighted by atomic mass is 16.7. The van der Waals surface area contributed by atoms with E-state index in [4.69, 9.17) is 18.8 Å². The topological polar surface area (TPSA) is 78.9 Å². The first-order valence-corrected chi connectivity index (χ1v) is 9.36. The maximum Gasteiger partial charge on any atom is 0.492 e. The number of carbonyl (C=O) groups is 1. The normalized spacial score (nSPS) is 18.7. The fourth-order valence-corrected chi connectivity index (χ4v) is 2.50. The largest absolute Gasteiger partial charge is 0.492 e. The van der Waals surface area contributed by atoms with Gasteiger partial charge < -0.3 is 24.1 Å². The third-order valence-corrected chi connectivity index (χ3v) is 4.71. The minimum Gasteiger partial charge on any atom is -0.481 e.